The Labute approximate surface area is 178 Å². The first-order valence-corrected chi connectivity index (χ1v) is 10.8. The van der Waals surface area contributed by atoms with Gasteiger partial charge in [0, 0.05) is 12.1 Å². The molecular formula is C25H17NO3S. The van der Waals surface area contributed by atoms with Crippen molar-refractivity contribution in [1.29, 1.82) is 0 Å². The first-order valence-electron chi connectivity index (χ1n) is 9.89. The lowest BCUT2D eigenvalue weighted by molar-refractivity contribution is -0.117. The zero-order chi connectivity index (χ0) is 20.2. The molecule has 4 aliphatic rings. The predicted octanol–water partition coefficient (Wildman–Crippen LogP) is 5.47. The highest BCUT2D eigenvalue weighted by molar-refractivity contribution is 8.03. The number of thioether (sulfide) groups is 1. The molecule has 0 bridgehead atoms. The molecule has 0 N–H and O–H groups in total. The molecule has 5 heteroatoms. The van der Waals surface area contributed by atoms with E-state index in [0.717, 1.165) is 34.1 Å². The van der Waals surface area contributed by atoms with Gasteiger partial charge in [0.1, 0.15) is 0 Å². The summed E-state index contributed by atoms with van der Waals surface area (Å²) in [6.07, 6.45) is 8.35. The van der Waals surface area contributed by atoms with Gasteiger partial charge in [0.05, 0.1) is 28.1 Å². The molecule has 4 nitrogen and oxygen atoms in total. The first kappa shape index (κ1) is 17.5. The second kappa shape index (κ2) is 6.61. The summed E-state index contributed by atoms with van der Waals surface area (Å²) < 4.78 is 6.08. The van der Waals surface area contributed by atoms with Crippen molar-refractivity contribution in [3.8, 4) is 11.5 Å². The number of Topliss-reactive ketones (excluding diaryl/α,β-unsaturated/α-hetero) is 2. The highest BCUT2D eigenvalue weighted by Gasteiger charge is 2.46. The fraction of sp³-hybridized carbons (Fsp3) is 0.120. The molecule has 2 heterocycles. The molecule has 6 rings (SSSR count). The molecule has 2 aromatic rings. The highest BCUT2D eigenvalue weighted by Crippen LogP contribution is 2.49. The van der Waals surface area contributed by atoms with Crippen LogP contribution >= 0.6 is 11.8 Å². The zero-order valence-corrected chi connectivity index (χ0v) is 16.8. The lowest BCUT2D eigenvalue weighted by atomic mass is 10.0. The predicted molar refractivity (Wildman–Crippen MR) is 118 cm³/mol. The van der Waals surface area contributed by atoms with Gasteiger partial charge in [-0.2, -0.15) is 0 Å². The van der Waals surface area contributed by atoms with Crippen molar-refractivity contribution in [1.82, 2.24) is 0 Å². The summed E-state index contributed by atoms with van der Waals surface area (Å²) in [5.74, 6) is 1.23. The number of carbonyl (C=O) groups is 2. The van der Waals surface area contributed by atoms with Crippen molar-refractivity contribution in [3.05, 3.63) is 95.1 Å². The van der Waals surface area contributed by atoms with E-state index in [0.29, 0.717) is 12.0 Å². The van der Waals surface area contributed by atoms with Gasteiger partial charge in [0.25, 0.3) is 0 Å². The molecular weight excluding hydrogens is 394 g/mol. The number of anilines is 2. The highest BCUT2D eigenvalue weighted by atomic mass is 32.2. The Bertz CT molecular complexity index is 1190. The largest absolute Gasteiger partial charge is 0.453 e. The van der Waals surface area contributed by atoms with Crippen LogP contribution in [0.3, 0.4) is 0 Å². The fourth-order valence-corrected chi connectivity index (χ4v) is 5.49. The number of ether oxygens (including phenoxy) is 1. The summed E-state index contributed by atoms with van der Waals surface area (Å²) in [5, 5.41) is 1.60. The molecule has 0 amide bonds. The third-order valence-electron chi connectivity index (χ3n) is 5.85. The van der Waals surface area contributed by atoms with Gasteiger partial charge in [-0.05, 0) is 47.4 Å². The summed E-state index contributed by atoms with van der Waals surface area (Å²) in [7, 11) is 0. The van der Waals surface area contributed by atoms with Crippen LogP contribution in [-0.2, 0) is 9.59 Å². The van der Waals surface area contributed by atoms with E-state index in [-0.39, 0.29) is 22.7 Å². The van der Waals surface area contributed by atoms with Crippen molar-refractivity contribution < 1.29 is 14.3 Å². The zero-order valence-electron chi connectivity index (χ0n) is 15.9. The average molecular weight is 411 g/mol. The maximum Gasteiger partial charge on any atom is 0.180 e. The molecule has 0 spiro atoms. The molecule has 1 saturated carbocycles. The third-order valence-corrected chi connectivity index (χ3v) is 6.97. The molecule has 146 valence electrons. The van der Waals surface area contributed by atoms with E-state index in [1.54, 1.807) is 6.08 Å². The van der Waals surface area contributed by atoms with Gasteiger partial charge in [0.2, 0.25) is 0 Å². The Morgan fingerprint density at radius 1 is 0.933 bits per heavy atom. The number of allylic oxidation sites excluding steroid dienone is 6. The molecule has 2 aliphatic carbocycles. The van der Waals surface area contributed by atoms with Crippen molar-refractivity contribution in [2.24, 2.45) is 5.92 Å². The van der Waals surface area contributed by atoms with E-state index >= 15 is 0 Å². The second-order valence-electron chi connectivity index (χ2n) is 7.65. The molecule has 0 saturated heterocycles. The number of nitrogens with zero attached hydrogens (tertiary/aromatic N) is 1. The van der Waals surface area contributed by atoms with Crippen LogP contribution in [0.2, 0.25) is 0 Å². The Balaban J connectivity index is 1.32. The Morgan fingerprint density at radius 3 is 2.33 bits per heavy atom. The van der Waals surface area contributed by atoms with Crippen LogP contribution in [0.4, 0.5) is 11.4 Å². The summed E-state index contributed by atoms with van der Waals surface area (Å²) in [4.78, 5) is 27.5. The summed E-state index contributed by atoms with van der Waals surface area (Å²) in [5.41, 5.74) is 4.35. The lowest BCUT2D eigenvalue weighted by Gasteiger charge is -2.33. The molecule has 2 unspecified atom stereocenters. The maximum atomic E-state index is 12.7. The Morgan fingerprint density at radius 2 is 1.63 bits per heavy atom. The number of carbonyl (C=O) groups excluding carboxylic acids is 2. The second-order valence-corrected chi connectivity index (χ2v) is 8.70. The summed E-state index contributed by atoms with van der Waals surface area (Å²) in [6.45, 7) is 0. The fourth-order valence-electron chi connectivity index (χ4n) is 4.43. The normalized spacial score (nSPS) is 25.1. The molecule has 2 aromatic carbocycles. The van der Waals surface area contributed by atoms with Crippen LogP contribution < -0.4 is 9.64 Å². The minimum atomic E-state index is -0.291. The molecule has 1 fully saturated rings. The van der Waals surface area contributed by atoms with E-state index in [9.17, 15) is 9.59 Å². The van der Waals surface area contributed by atoms with Crippen molar-refractivity contribution in [2.45, 2.75) is 11.7 Å². The summed E-state index contributed by atoms with van der Waals surface area (Å²) in [6, 6.07) is 15.9. The van der Waals surface area contributed by atoms with Gasteiger partial charge >= 0.3 is 0 Å². The number of ketones is 2. The maximum absolute atomic E-state index is 12.7. The van der Waals surface area contributed by atoms with Crippen molar-refractivity contribution in [3.63, 3.8) is 0 Å². The summed E-state index contributed by atoms with van der Waals surface area (Å²) >= 11 is 1.45. The van der Waals surface area contributed by atoms with Crippen LogP contribution in [0.15, 0.2) is 95.1 Å². The monoisotopic (exact) mass is 411 g/mol. The first-order chi connectivity index (χ1) is 14.7. The number of fused-ring (bicyclic) bond motifs is 3. The Kier molecular flexibility index (Phi) is 3.86. The quantitative estimate of drug-likeness (QED) is 0.485. The molecule has 2 atom stereocenters. The van der Waals surface area contributed by atoms with Gasteiger partial charge in [0.15, 0.2) is 23.1 Å². The molecule has 30 heavy (non-hydrogen) atoms. The molecule has 0 aromatic heterocycles. The molecule has 0 radical (unpaired) electrons. The third kappa shape index (κ3) is 2.55. The van der Waals surface area contributed by atoms with Gasteiger partial charge in [-0.25, -0.2) is 0 Å². The van der Waals surface area contributed by atoms with Crippen LogP contribution in [-0.4, -0.2) is 16.8 Å². The van der Waals surface area contributed by atoms with E-state index in [2.05, 4.69) is 11.0 Å². The van der Waals surface area contributed by atoms with Crippen molar-refractivity contribution in [2.75, 3.05) is 4.90 Å². The number of para-hydroxylation sites is 4. The average Bonchev–Trinajstić information content (AvgIpc) is 3.48. The minimum absolute atomic E-state index is 0.0450. The van der Waals surface area contributed by atoms with Crippen LogP contribution in [0, 0.1) is 5.92 Å². The van der Waals surface area contributed by atoms with Gasteiger partial charge in [-0.15, -0.1) is 11.8 Å². The van der Waals surface area contributed by atoms with Crippen LogP contribution in [0.1, 0.15) is 6.42 Å². The van der Waals surface area contributed by atoms with Gasteiger partial charge < -0.3 is 9.64 Å². The standard InChI is InChI=1S/C25H17NO3S/c27-23-17-11-12-30-25(17)24(28)18(23)14-15-9-10-16(13-15)26-19-5-1-3-7-21(19)29-22-8-4-2-6-20(22)26/h1-12,14,17,25H,13H2/b18-14+. The number of hydrogen-bond donors (Lipinski definition) is 0. The van der Waals surface area contributed by atoms with E-state index in [1.807, 2.05) is 66.1 Å². The SMILES string of the molecule is O=C1/C(=C\C2=CC=C(N3c4ccccc4Oc4ccccc43)C2)C(=O)C2SC=CC12. The number of hydrogen-bond acceptors (Lipinski definition) is 5. The number of benzene rings is 2. The van der Waals surface area contributed by atoms with E-state index in [1.165, 1.54) is 11.8 Å². The lowest BCUT2D eigenvalue weighted by Crippen LogP contribution is -2.20. The topological polar surface area (TPSA) is 46.6 Å². The van der Waals surface area contributed by atoms with Gasteiger partial charge in [-0.3, -0.25) is 9.59 Å². The van der Waals surface area contributed by atoms with Crippen LogP contribution in [0.25, 0.3) is 0 Å². The Hall–Kier alpha value is -3.31. The van der Waals surface area contributed by atoms with E-state index < -0.39 is 0 Å². The molecule has 2 aliphatic heterocycles. The minimum Gasteiger partial charge on any atom is -0.453 e. The van der Waals surface area contributed by atoms with E-state index in [4.69, 9.17) is 4.74 Å². The number of rotatable bonds is 2. The van der Waals surface area contributed by atoms with Crippen molar-refractivity contribution >= 4 is 34.7 Å². The van der Waals surface area contributed by atoms with Gasteiger partial charge in [-0.1, -0.05) is 36.4 Å². The van der Waals surface area contributed by atoms with Crippen LogP contribution in [0.5, 0.6) is 11.5 Å². The smallest absolute Gasteiger partial charge is 0.180 e.